The molecule has 0 saturated carbocycles. The van der Waals surface area contributed by atoms with E-state index in [1.807, 2.05) is 28.5 Å². The maximum Gasteiger partial charge on any atom is 0.228 e. The molecule has 2 aromatic heterocycles. The summed E-state index contributed by atoms with van der Waals surface area (Å²) in [5.41, 5.74) is 1.73. The standard InChI is InChI=1S/C18H22N4OS.2ClH/c23-17(22-7-4-13-10-19-11-14(13)5-8-22)9-15-12-24-18(21-15)16-3-1-2-6-20-16;;/h1-3,6,12-14,19H,4-5,7-11H2;2*1H/t13-,14+;;. The molecule has 0 aliphatic carbocycles. The van der Waals surface area contributed by atoms with E-state index < -0.39 is 0 Å². The smallest absolute Gasteiger partial charge is 0.228 e. The third kappa shape index (κ3) is 4.74. The van der Waals surface area contributed by atoms with Crippen molar-refractivity contribution in [1.82, 2.24) is 20.2 Å². The molecule has 142 valence electrons. The Balaban J connectivity index is 0.00000121. The monoisotopic (exact) mass is 414 g/mol. The van der Waals surface area contributed by atoms with Crippen LogP contribution in [-0.2, 0) is 11.2 Å². The number of aromatic nitrogens is 2. The van der Waals surface area contributed by atoms with Crippen LogP contribution in [0.5, 0.6) is 0 Å². The summed E-state index contributed by atoms with van der Waals surface area (Å²) in [7, 11) is 0. The molecule has 2 aromatic rings. The van der Waals surface area contributed by atoms with E-state index in [0.29, 0.717) is 6.42 Å². The van der Waals surface area contributed by atoms with Crippen LogP contribution in [0.15, 0.2) is 29.8 Å². The molecule has 1 amide bonds. The summed E-state index contributed by atoms with van der Waals surface area (Å²) in [6, 6.07) is 5.80. The van der Waals surface area contributed by atoms with Crippen molar-refractivity contribution in [2.24, 2.45) is 11.8 Å². The minimum absolute atomic E-state index is 0. The quantitative estimate of drug-likeness (QED) is 0.837. The van der Waals surface area contributed by atoms with Crippen LogP contribution < -0.4 is 5.32 Å². The van der Waals surface area contributed by atoms with Crippen molar-refractivity contribution in [2.45, 2.75) is 19.3 Å². The number of nitrogens with zero attached hydrogens (tertiary/aromatic N) is 3. The lowest BCUT2D eigenvalue weighted by molar-refractivity contribution is -0.130. The van der Waals surface area contributed by atoms with Crippen molar-refractivity contribution in [3.63, 3.8) is 0 Å². The lowest BCUT2D eigenvalue weighted by Gasteiger charge is -2.20. The molecule has 0 aromatic carbocycles. The zero-order chi connectivity index (χ0) is 16.4. The number of carbonyl (C=O) groups is 1. The van der Waals surface area contributed by atoms with Gasteiger partial charge in [0, 0.05) is 24.7 Å². The molecule has 26 heavy (non-hydrogen) atoms. The Morgan fingerprint density at radius 1 is 1.19 bits per heavy atom. The fraction of sp³-hybridized carbons (Fsp3) is 0.500. The predicted octanol–water partition coefficient (Wildman–Crippen LogP) is 3.05. The maximum absolute atomic E-state index is 12.6. The lowest BCUT2D eigenvalue weighted by atomic mass is 9.92. The number of pyridine rings is 1. The van der Waals surface area contributed by atoms with Gasteiger partial charge in [0.2, 0.25) is 5.91 Å². The van der Waals surface area contributed by atoms with Gasteiger partial charge in [0.1, 0.15) is 5.01 Å². The average molecular weight is 415 g/mol. The van der Waals surface area contributed by atoms with E-state index in [-0.39, 0.29) is 30.7 Å². The number of nitrogens with one attached hydrogen (secondary N) is 1. The average Bonchev–Trinajstić information content (AvgIpc) is 3.21. The first-order chi connectivity index (χ1) is 11.8. The minimum atomic E-state index is 0. The molecular weight excluding hydrogens is 391 g/mol. The summed E-state index contributed by atoms with van der Waals surface area (Å²) in [6.45, 7) is 4.01. The number of carbonyl (C=O) groups excluding carboxylic acids is 1. The molecule has 0 unspecified atom stereocenters. The van der Waals surface area contributed by atoms with E-state index >= 15 is 0 Å². The van der Waals surface area contributed by atoms with Gasteiger partial charge in [-0.1, -0.05) is 6.07 Å². The second-order valence-corrected chi connectivity index (χ2v) is 7.53. The third-order valence-corrected chi connectivity index (χ3v) is 6.05. The van der Waals surface area contributed by atoms with Crippen LogP contribution in [-0.4, -0.2) is 47.0 Å². The Hall–Kier alpha value is -1.21. The van der Waals surface area contributed by atoms with E-state index in [2.05, 4.69) is 15.3 Å². The van der Waals surface area contributed by atoms with Crippen molar-refractivity contribution >= 4 is 42.1 Å². The van der Waals surface area contributed by atoms with Crippen molar-refractivity contribution in [3.05, 3.63) is 35.5 Å². The number of likely N-dealkylation sites (tertiary alicyclic amines) is 1. The Labute approximate surface area is 170 Å². The van der Waals surface area contributed by atoms with Gasteiger partial charge in [-0.25, -0.2) is 4.98 Å². The highest BCUT2D eigenvalue weighted by molar-refractivity contribution is 7.13. The Bertz CT molecular complexity index is 698. The van der Waals surface area contributed by atoms with Crippen LogP contribution >= 0.6 is 36.2 Å². The molecule has 0 bridgehead atoms. The molecule has 8 heteroatoms. The summed E-state index contributed by atoms with van der Waals surface area (Å²) in [4.78, 5) is 23.6. The van der Waals surface area contributed by atoms with E-state index in [0.717, 1.165) is 67.3 Å². The van der Waals surface area contributed by atoms with Crippen LogP contribution in [0.4, 0.5) is 0 Å². The minimum Gasteiger partial charge on any atom is -0.342 e. The van der Waals surface area contributed by atoms with Gasteiger partial charge in [0.05, 0.1) is 17.8 Å². The van der Waals surface area contributed by atoms with Crippen LogP contribution in [0.25, 0.3) is 10.7 Å². The molecule has 2 saturated heterocycles. The first-order valence-corrected chi connectivity index (χ1v) is 9.52. The molecule has 4 heterocycles. The molecule has 2 aliphatic rings. The van der Waals surface area contributed by atoms with Gasteiger partial charge < -0.3 is 10.2 Å². The summed E-state index contributed by atoms with van der Waals surface area (Å²) in [5, 5.41) is 6.34. The largest absolute Gasteiger partial charge is 0.342 e. The molecule has 0 spiro atoms. The first kappa shape index (κ1) is 21.1. The van der Waals surface area contributed by atoms with Crippen molar-refractivity contribution in [1.29, 1.82) is 0 Å². The summed E-state index contributed by atoms with van der Waals surface area (Å²) in [6.07, 6.45) is 4.42. The number of amides is 1. The number of hydrogen-bond donors (Lipinski definition) is 1. The number of hydrogen-bond acceptors (Lipinski definition) is 5. The van der Waals surface area contributed by atoms with Gasteiger partial charge in [-0.3, -0.25) is 9.78 Å². The van der Waals surface area contributed by atoms with Gasteiger partial charge in [0.15, 0.2) is 0 Å². The highest BCUT2D eigenvalue weighted by Crippen LogP contribution is 2.27. The van der Waals surface area contributed by atoms with Crippen molar-refractivity contribution in [3.8, 4) is 10.7 Å². The summed E-state index contributed by atoms with van der Waals surface area (Å²) < 4.78 is 0. The third-order valence-electron chi connectivity index (χ3n) is 5.14. The zero-order valence-electron chi connectivity index (χ0n) is 14.5. The second-order valence-electron chi connectivity index (χ2n) is 6.67. The van der Waals surface area contributed by atoms with Crippen LogP contribution in [0.1, 0.15) is 18.5 Å². The highest BCUT2D eigenvalue weighted by Gasteiger charge is 2.31. The van der Waals surface area contributed by atoms with E-state index in [4.69, 9.17) is 0 Å². The first-order valence-electron chi connectivity index (χ1n) is 8.64. The van der Waals surface area contributed by atoms with Gasteiger partial charge in [-0.05, 0) is 49.9 Å². The molecular formula is C18H24Cl2N4OS. The topological polar surface area (TPSA) is 58.1 Å². The lowest BCUT2D eigenvalue weighted by Crippen LogP contribution is -2.34. The maximum atomic E-state index is 12.6. The number of thiazole rings is 1. The molecule has 4 rings (SSSR count). The molecule has 5 nitrogen and oxygen atoms in total. The van der Waals surface area contributed by atoms with Gasteiger partial charge in [-0.2, -0.15) is 0 Å². The van der Waals surface area contributed by atoms with Crippen molar-refractivity contribution in [2.75, 3.05) is 26.2 Å². The predicted molar refractivity (Wildman–Crippen MR) is 109 cm³/mol. The SMILES string of the molecule is Cl.Cl.O=C(Cc1csc(-c2ccccn2)n1)N1CC[C@@H]2CNC[C@@H]2CC1. The molecule has 2 fully saturated rings. The van der Waals surface area contributed by atoms with Gasteiger partial charge in [-0.15, -0.1) is 36.2 Å². The van der Waals surface area contributed by atoms with E-state index in [1.165, 1.54) is 0 Å². The Kier molecular flexibility index (Phi) is 7.83. The van der Waals surface area contributed by atoms with Crippen LogP contribution in [0.2, 0.25) is 0 Å². The molecule has 1 N–H and O–H groups in total. The normalized spacial score (nSPS) is 21.9. The van der Waals surface area contributed by atoms with Gasteiger partial charge >= 0.3 is 0 Å². The second kappa shape index (κ2) is 9.65. The fourth-order valence-electron chi connectivity index (χ4n) is 3.73. The van der Waals surface area contributed by atoms with Crippen LogP contribution in [0, 0.1) is 11.8 Å². The number of fused-ring (bicyclic) bond motifs is 1. The van der Waals surface area contributed by atoms with Crippen LogP contribution in [0.3, 0.4) is 0 Å². The van der Waals surface area contributed by atoms with Gasteiger partial charge in [0.25, 0.3) is 0 Å². The van der Waals surface area contributed by atoms with Crippen molar-refractivity contribution < 1.29 is 4.79 Å². The number of rotatable bonds is 3. The molecule has 2 atom stereocenters. The highest BCUT2D eigenvalue weighted by atomic mass is 35.5. The van der Waals surface area contributed by atoms with E-state index in [9.17, 15) is 4.79 Å². The summed E-state index contributed by atoms with van der Waals surface area (Å²) >= 11 is 1.56. The zero-order valence-corrected chi connectivity index (χ0v) is 16.9. The Morgan fingerprint density at radius 2 is 1.92 bits per heavy atom. The fourth-order valence-corrected chi connectivity index (χ4v) is 4.52. The van der Waals surface area contributed by atoms with E-state index in [1.54, 1.807) is 17.5 Å². The Morgan fingerprint density at radius 3 is 2.58 bits per heavy atom. The summed E-state index contributed by atoms with van der Waals surface area (Å²) in [5.74, 6) is 1.71. The molecule has 0 radical (unpaired) electrons. The molecule has 2 aliphatic heterocycles. The number of halogens is 2.